The first-order valence-corrected chi connectivity index (χ1v) is 5.74. The summed E-state index contributed by atoms with van der Waals surface area (Å²) in [7, 11) is 3.76. The zero-order valence-electron chi connectivity index (χ0n) is 5.27. The molecule has 0 saturated heterocycles. The van der Waals surface area contributed by atoms with Crippen molar-refractivity contribution in [3.63, 3.8) is 0 Å². The summed E-state index contributed by atoms with van der Waals surface area (Å²) in [5.74, 6) is 0. The molecular weight excluding hydrogens is 122 g/mol. The number of rotatable bonds is 3. The minimum absolute atomic E-state index is 0.0974. The average Bonchev–Trinajstić information content (AvgIpc) is 1.68. The van der Waals surface area contributed by atoms with Gasteiger partial charge in [0.05, 0.1) is 9.68 Å². The van der Waals surface area contributed by atoms with Crippen LogP contribution < -0.4 is 0 Å². The lowest BCUT2D eigenvalue weighted by atomic mass is 11.6. The third kappa shape index (κ3) is 4.20. The largest absolute Gasteiger partial charge is 0.412 e. The van der Waals surface area contributed by atoms with Crippen LogP contribution in [-0.2, 0) is 4.43 Å². The molecule has 0 aliphatic heterocycles. The van der Waals surface area contributed by atoms with Gasteiger partial charge >= 0.3 is 0 Å². The highest BCUT2D eigenvalue weighted by molar-refractivity contribution is 6.45. The molecule has 0 amide bonds. The van der Waals surface area contributed by atoms with Gasteiger partial charge in [-0.3, -0.25) is 0 Å². The van der Waals surface area contributed by atoms with E-state index in [1.165, 1.54) is 0 Å². The second-order valence-electron chi connectivity index (χ2n) is 1.59. The van der Waals surface area contributed by atoms with Gasteiger partial charge in [0.1, 0.15) is 0 Å². The third-order valence-electron chi connectivity index (χ3n) is 0.889. The van der Waals surface area contributed by atoms with E-state index in [2.05, 4.69) is 17.8 Å². The molecule has 0 saturated carbocycles. The van der Waals surface area contributed by atoms with Crippen LogP contribution in [0, 0.1) is 0 Å². The molecule has 4 heteroatoms. The fourth-order valence-electron chi connectivity index (χ4n) is 0.312. The molecule has 0 atom stereocenters. The average molecular weight is 135 g/mol. The van der Waals surface area contributed by atoms with E-state index in [-0.39, 0.29) is 19.6 Å². The van der Waals surface area contributed by atoms with Crippen LogP contribution in [0.25, 0.3) is 0 Å². The first kappa shape index (κ1) is 7.35. The summed E-state index contributed by atoms with van der Waals surface area (Å²) < 4.78 is 7.36. The predicted octanol–water partition coefficient (Wildman–Crippen LogP) is -1.30. The van der Waals surface area contributed by atoms with E-state index in [1.54, 1.807) is 7.11 Å². The molecule has 7 heavy (non-hydrogen) atoms. The molecule has 0 aromatic rings. The molecule has 0 aliphatic carbocycles. The number of nitrogens with zero attached hydrogens (tertiary/aromatic N) is 1. The first-order chi connectivity index (χ1) is 3.31. The van der Waals surface area contributed by atoms with Gasteiger partial charge in [-0.1, -0.05) is 6.55 Å². The van der Waals surface area contributed by atoms with Crippen LogP contribution >= 0.6 is 0 Å². The van der Waals surface area contributed by atoms with Crippen LogP contribution in [0.1, 0.15) is 0 Å². The van der Waals surface area contributed by atoms with E-state index >= 15 is 0 Å². The summed E-state index contributed by atoms with van der Waals surface area (Å²) in [5.41, 5.74) is 0. The lowest BCUT2D eigenvalue weighted by molar-refractivity contribution is 0.413. The van der Waals surface area contributed by atoms with Gasteiger partial charge in [-0.25, -0.2) is 0 Å². The van der Waals surface area contributed by atoms with Crippen molar-refractivity contribution in [1.29, 1.82) is 0 Å². The Morgan fingerprint density at radius 3 is 2.29 bits per heavy atom. The summed E-state index contributed by atoms with van der Waals surface area (Å²) >= 11 is 0. The van der Waals surface area contributed by atoms with E-state index in [1.807, 2.05) is 0 Å². The van der Waals surface area contributed by atoms with Crippen molar-refractivity contribution in [1.82, 2.24) is 4.23 Å². The van der Waals surface area contributed by atoms with E-state index in [0.717, 1.165) is 0 Å². The van der Waals surface area contributed by atoms with Gasteiger partial charge in [0.2, 0.25) is 9.92 Å². The monoisotopic (exact) mass is 135 g/mol. The lowest BCUT2D eigenvalue weighted by Crippen LogP contribution is -2.26. The Balaban J connectivity index is 2.83. The molecule has 0 heterocycles. The molecule has 0 aliphatic rings. The van der Waals surface area contributed by atoms with Gasteiger partial charge in [0, 0.05) is 7.11 Å². The maximum atomic E-state index is 4.99. The molecule has 0 spiro atoms. The van der Waals surface area contributed by atoms with Gasteiger partial charge in [0.15, 0.2) is 0 Å². The highest BCUT2D eigenvalue weighted by atomic mass is 28.3. The fourth-order valence-corrected chi connectivity index (χ4v) is 2.03. The molecule has 0 aromatic heterocycles. The Morgan fingerprint density at radius 2 is 2.14 bits per heavy atom. The van der Waals surface area contributed by atoms with Crippen LogP contribution in [0.2, 0.25) is 6.55 Å². The summed E-state index contributed by atoms with van der Waals surface area (Å²) in [6.07, 6.45) is 0. The lowest BCUT2D eigenvalue weighted by Gasteiger charge is -2.09. The minimum atomic E-state index is -0.259. The molecule has 2 nitrogen and oxygen atoms in total. The summed E-state index contributed by atoms with van der Waals surface area (Å²) in [5, 5.41) is 0. The summed E-state index contributed by atoms with van der Waals surface area (Å²) in [4.78, 5) is 0. The van der Waals surface area contributed by atoms with Crippen molar-refractivity contribution in [2.45, 2.75) is 6.55 Å². The van der Waals surface area contributed by atoms with Gasteiger partial charge in [-0.05, 0) is 7.05 Å². The van der Waals surface area contributed by atoms with Gasteiger partial charge < -0.3 is 8.66 Å². The normalized spacial score (nSPS) is 13.7. The van der Waals surface area contributed by atoms with Crippen molar-refractivity contribution < 1.29 is 4.43 Å². The van der Waals surface area contributed by atoms with E-state index in [0.29, 0.717) is 0 Å². The summed E-state index contributed by atoms with van der Waals surface area (Å²) in [6, 6.07) is 0. The SMILES string of the molecule is CO[SiH2]N(C)[SiH2]C. The van der Waals surface area contributed by atoms with Crippen LogP contribution in [0.4, 0.5) is 0 Å². The third-order valence-corrected chi connectivity index (χ3v) is 4.56. The molecule has 0 bridgehead atoms. The fraction of sp³-hybridized carbons (Fsp3) is 1.00. The Labute approximate surface area is 49.8 Å². The van der Waals surface area contributed by atoms with Crippen molar-refractivity contribution in [3.05, 3.63) is 0 Å². The highest BCUT2D eigenvalue weighted by Gasteiger charge is 1.89. The molecule has 44 valence electrons. The van der Waals surface area contributed by atoms with Crippen molar-refractivity contribution in [2.75, 3.05) is 14.2 Å². The van der Waals surface area contributed by atoms with Gasteiger partial charge in [0.25, 0.3) is 0 Å². The molecule has 0 N–H and O–H groups in total. The second kappa shape index (κ2) is 4.51. The van der Waals surface area contributed by atoms with Crippen LogP contribution in [0.15, 0.2) is 0 Å². The van der Waals surface area contributed by atoms with Crippen LogP contribution in [0.3, 0.4) is 0 Å². The van der Waals surface area contributed by atoms with Crippen molar-refractivity contribution in [2.24, 2.45) is 0 Å². The van der Waals surface area contributed by atoms with Gasteiger partial charge in [-0.2, -0.15) is 0 Å². The van der Waals surface area contributed by atoms with E-state index < -0.39 is 0 Å². The minimum Gasteiger partial charge on any atom is -0.412 e. The van der Waals surface area contributed by atoms with Crippen molar-refractivity contribution in [3.8, 4) is 0 Å². The quantitative estimate of drug-likeness (QED) is 0.446. The molecule has 0 rings (SSSR count). The molecule has 0 aromatic carbocycles. The second-order valence-corrected chi connectivity index (χ2v) is 6.11. The maximum Gasteiger partial charge on any atom is 0.230 e. The molecule has 0 fully saturated rings. The number of hydrogen-bond donors (Lipinski definition) is 0. The van der Waals surface area contributed by atoms with Gasteiger partial charge in [-0.15, -0.1) is 0 Å². The predicted molar refractivity (Wildman–Crippen MR) is 37.7 cm³/mol. The van der Waals surface area contributed by atoms with Crippen molar-refractivity contribution >= 4 is 19.6 Å². The zero-order valence-corrected chi connectivity index (χ0v) is 8.10. The smallest absolute Gasteiger partial charge is 0.230 e. The molecule has 0 unspecified atom stereocenters. The Morgan fingerprint density at radius 1 is 1.57 bits per heavy atom. The highest BCUT2D eigenvalue weighted by Crippen LogP contribution is 1.70. The van der Waals surface area contributed by atoms with E-state index in [9.17, 15) is 0 Å². The standard InChI is InChI=1S/C3H13NOSi2/c1-4(6-3)7-5-2/h6-7H2,1-3H3. The topological polar surface area (TPSA) is 12.5 Å². The Bertz CT molecular complexity index is 43.9. The Hall–Kier alpha value is 0.354. The summed E-state index contributed by atoms with van der Waals surface area (Å²) in [6.45, 7) is 2.27. The van der Waals surface area contributed by atoms with Crippen LogP contribution in [0.5, 0.6) is 0 Å². The Kier molecular flexibility index (Phi) is 4.74. The zero-order chi connectivity index (χ0) is 5.70. The van der Waals surface area contributed by atoms with Crippen LogP contribution in [-0.4, -0.2) is 38.0 Å². The van der Waals surface area contributed by atoms with E-state index in [4.69, 9.17) is 4.43 Å². The molecule has 0 radical (unpaired) electrons. The maximum absolute atomic E-state index is 4.99. The molecular formula is C3H13NOSi2. The number of hydrogen-bond acceptors (Lipinski definition) is 2. The first-order valence-electron chi connectivity index (χ1n) is 2.48.